The van der Waals surface area contributed by atoms with Gasteiger partial charge in [0.2, 0.25) is 5.91 Å². The molecular formula is C29H22F5N5O3. The number of pyridine rings is 1. The van der Waals surface area contributed by atoms with Crippen molar-refractivity contribution >= 4 is 11.8 Å². The van der Waals surface area contributed by atoms with Crippen LogP contribution in [-0.4, -0.2) is 32.7 Å². The number of rotatable bonds is 3. The number of hydrogen-bond donors (Lipinski definition) is 2. The molecule has 2 aromatic heterocycles. The number of halogens is 5. The minimum atomic E-state index is -4.75. The largest absolute Gasteiger partial charge is 0.490 e. The first-order chi connectivity index (χ1) is 20.0. The highest BCUT2D eigenvalue weighted by Crippen LogP contribution is 2.38. The van der Waals surface area contributed by atoms with Crippen LogP contribution in [0.2, 0.25) is 0 Å². The Morgan fingerprint density at radius 2 is 1.88 bits per heavy atom. The van der Waals surface area contributed by atoms with Gasteiger partial charge in [-0.1, -0.05) is 12.1 Å². The van der Waals surface area contributed by atoms with E-state index in [9.17, 15) is 31.5 Å². The van der Waals surface area contributed by atoms with E-state index in [1.807, 2.05) is 0 Å². The molecule has 0 saturated carbocycles. The molecule has 1 aliphatic heterocycles. The van der Waals surface area contributed by atoms with E-state index in [1.165, 1.54) is 24.4 Å². The van der Waals surface area contributed by atoms with E-state index in [2.05, 4.69) is 15.4 Å². The SMILES string of the molecule is NC(=O)c1cc(-c2cccnc2C2Cc3cc(F)cc(c3)OC3Cc4c(C(F)(F)F)nn(c4C3)CC(=O)N2)ccc1F. The molecule has 0 radical (unpaired) electrons. The number of hydrogen-bond acceptors (Lipinski definition) is 5. The molecule has 2 atom stereocenters. The number of primary amides is 1. The number of nitrogens with one attached hydrogen (secondary N) is 1. The zero-order valence-corrected chi connectivity index (χ0v) is 21.7. The molecule has 216 valence electrons. The molecule has 2 unspecified atom stereocenters. The number of carbonyl (C=O) groups excluding carboxylic acids is 2. The maximum Gasteiger partial charge on any atom is 0.435 e. The van der Waals surface area contributed by atoms with Crippen molar-refractivity contribution in [3.8, 4) is 16.9 Å². The summed E-state index contributed by atoms with van der Waals surface area (Å²) >= 11 is 0. The molecule has 3 heterocycles. The number of nitrogens with two attached hydrogens (primary N) is 1. The first kappa shape index (κ1) is 27.4. The zero-order chi connectivity index (χ0) is 29.8. The standard InChI is InChI=1S/C29H22F5N5O3/c30-16-6-14-7-17(10-16)42-18-11-21-24(12-18)39(38-27(21)29(32,33)34)13-25(40)37-23(8-14)26-19(2-1-5-36-26)15-3-4-22(31)20(9-15)28(35)41/h1-7,9-10,18,23H,8,11-13H2,(H2,35,41)(H,37,40). The van der Waals surface area contributed by atoms with Gasteiger partial charge in [-0.2, -0.15) is 18.3 Å². The number of nitrogens with zero attached hydrogens (tertiary/aromatic N) is 3. The van der Waals surface area contributed by atoms with Crippen molar-refractivity contribution in [1.29, 1.82) is 0 Å². The van der Waals surface area contributed by atoms with Gasteiger partial charge in [0.1, 0.15) is 30.0 Å². The van der Waals surface area contributed by atoms with Gasteiger partial charge in [-0.3, -0.25) is 19.3 Å². The molecule has 8 nitrogen and oxygen atoms in total. The van der Waals surface area contributed by atoms with Gasteiger partial charge in [0.05, 0.1) is 17.3 Å². The second kappa shape index (κ2) is 10.2. The first-order valence-corrected chi connectivity index (χ1v) is 12.9. The zero-order valence-electron chi connectivity index (χ0n) is 21.7. The summed E-state index contributed by atoms with van der Waals surface area (Å²) in [5, 5.41) is 6.53. The van der Waals surface area contributed by atoms with Gasteiger partial charge in [0.15, 0.2) is 5.69 Å². The van der Waals surface area contributed by atoms with Crippen molar-refractivity contribution in [3.05, 3.63) is 100 Å². The Kier molecular flexibility index (Phi) is 6.66. The second-order valence-electron chi connectivity index (χ2n) is 10.2. The predicted molar refractivity (Wildman–Crippen MR) is 138 cm³/mol. The topological polar surface area (TPSA) is 112 Å². The molecule has 2 amide bonds. The average Bonchev–Trinajstić information content (AvgIpc) is 3.46. The number of benzene rings is 2. The summed E-state index contributed by atoms with van der Waals surface area (Å²) < 4.78 is 77.4. The smallest absolute Gasteiger partial charge is 0.435 e. The molecule has 6 rings (SSSR count). The van der Waals surface area contributed by atoms with Gasteiger partial charge < -0.3 is 15.8 Å². The van der Waals surface area contributed by atoms with E-state index < -0.39 is 54.0 Å². The number of amides is 2. The van der Waals surface area contributed by atoms with Gasteiger partial charge in [0, 0.05) is 41.9 Å². The fourth-order valence-corrected chi connectivity index (χ4v) is 5.58. The minimum absolute atomic E-state index is 0.0173. The van der Waals surface area contributed by atoms with Crippen LogP contribution in [-0.2, 0) is 36.8 Å². The van der Waals surface area contributed by atoms with Crippen LogP contribution in [0.5, 0.6) is 5.75 Å². The lowest BCUT2D eigenvalue weighted by Gasteiger charge is -2.22. The third-order valence-corrected chi connectivity index (χ3v) is 7.30. The third kappa shape index (κ3) is 5.17. The second-order valence-corrected chi connectivity index (χ2v) is 10.2. The van der Waals surface area contributed by atoms with Crippen molar-refractivity contribution in [1.82, 2.24) is 20.1 Å². The van der Waals surface area contributed by atoms with Gasteiger partial charge in [-0.05, 0) is 47.9 Å². The summed E-state index contributed by atoms with van der Waals surface area (Å²) in [7, 11) is 0. The fraction of sp³-hybridized carbons (Fsp3) is 0.241. The number of fused-ring (bicyclic) bond motifs is 3. The van der Waals surface area contributed by atoms with E-state index in [1.54, 1.807) is 18.2 Å². The van der Waals surface area contributed by atoms with Crippen molar-refractivity contribution in [2.24, 2.45) is 5.73 Å². The van der Waals surface area contributed by atoms with Crippen molar-refractivity contribution in [3.63, 3.8) is 0 Å². The van der Waals surface area contributed by atoms with E-state index in [4.69, 9.17) is 10.5 Å². The molecule has 4 bridgehead atoms. The number of ether oxygens (including phenoxy) is 1. The Hall–Kier alpha value is -4.81. The molecule has 3 N–H and O–H groups in total. The maximum absolute atomic E-state index is 14.7. The van der Waals surface area contributed by atoms with Crippen LogP contribution in [0, 0.1) is 11.6 Å². The van der Waals surface area contributed by atoms with Crippen molar-refractivity contribution < 1.29 is 36.3 Å². The van der Waals surface area contributed by atoms with E-state index in [0.29, 0.717) is 16.7 Å². The van der Waals surface area contributed by atoms with E-state index in [0.717, 1.165) is 16.8 Å². The Labute approximate surface area is 235 Å². The number of alkyl halides is 3. The number of aromatic nitrogens is 3. The molecule has 13 heteroatoms. The molecule has 0 saturated heterocycles. The molecule has 42 heavy (non-hydrogen) atoms. The quantitative estimate of drug-likeness (QED) is 0.350. The van der Waals surface area contributed by atoms with Crippen LogP contribution >= 0.6 is 0 Å². The van der Waals surface area contributed by atoms with Crippen LogP contribution in [0.25, 0.3) is 11.1 Å². The normalized spacial score (nSPS) is 18.4. The van der Waals surface area contributed by atoms with Gasteiger partial charge in [-0.25, -0.2) is 8.78 Å². The van der Waals surface area contributed by atoms with Crippen molar-refractivity contribution in [2.45, 2.75) is 44.1 Å². The molecule has 2 aromatic carbocycles. The van der Waals surface area contributed by atoms with Gasteiger partial charge in [-0.15, -0.1) is 0 Å². The molecule has 2 aliphatic rings. The maximum atomic E-state index is 14.7. The summed E-state index contributed by atoms with van der Waals surface area (Å²) in [4.78, 5) is 29.6. The van der Waals surface area contributed by atoms with E-state index >= 15 is 0 Å². The summed E-state index contributed by atoms with van der Waals surface area (Å²) in [5.74, 6) is -2.95. The number of carbonyl (C=O) groups is 2. The lowest BCUT2D eigenvalue weighted by Crippen LogP contribution is -2.34. The third-order valence-electron chi connectivity index (χ3n) is 7.30. The van der Waals surface area contributed by atoms with Gasteiger partial charge in [0.25, 0.3) is 5.91 Å². The Bertz CT molecular complexity index is 1740. The summed E-state index contributed by atoms with van der Waals surface area (Å²) in [6.07, 6.45) is -4.02. The predicted octanol–water partition coefficient (Wildman–Crippen LogP) is 4.30. The average molecular weight is 584 g/mol. The highest BCUT2D eigenvalue weighted by atomic mass is 19.4. The molecule has 1 aliphatic carbocycles. The summed E-state index contributed by atoms with van der Waals surface area (Å²) in [5.41, 5.74) is 5.56. The molecule has 0 fully saturated rings. The van der Waals surface area contributed by atoms with Gasteiger partial charge >= 0.3 is 6.18 Å². The van der Waals surface area contributed by atoms with Crippen LogP contribution < -0.4 is 15.8 Å². The summed E-state index contributed by atoms with van der Waals surface area (Å²) in [6.45, 7) is -0.516. The minimum Gasteiger partial charge on any atom is -0.490 e. The van der Waals surface area contributed by atoms with Crippen LogP contribution in [0.1, 0.15) is 44.6 Å². The summed E-state index contributed by atoms with van der Waals surface area (Å²) in [6, 6.07) is 10.0. The molecule has 0 spiro atoms. The highest BCUT2D eigenvalue weighted by Gasteiger charge is 2.43. The highest BCUT2D eigenvalue weighted by molar-refractivity contribution is 5.94. The Balaban J connectivity index is 1.46. The lowest BCUT2D eigenvalue weighted by molar-refractivity contribution is -0.142. The van der Waals surface area contributed by atoms with E-state index in [-0.39, 0.29) is 47.5 Å². The van der Waals surface area contributed by atoms with Crippen LogP contribution in [0.15, 0.2) is 54.7 Å². The Morgan fingerprint density at radius 1 is 1.07 bits per heavy atom. The van der Waals surface area contributed by atoms with Crippen molar-refractivity contribution in [2.75, 3.05) is 0 Å². The fourth-order valence-electron chi connectivity index (χ4n) is 5.58. The first-order valence-electron chi connectivity index (χ1n) is 12.9. The van der Waals surface area contributed by atoms with Crippen LogP contribution in [0.4, 0.5) is 22.0 Å². The Morgan fingerprint density at radius 3 is 2.64 bits per heavy atom. The molecular weight excluding hydrogens is 561 g/mol. The lowest BCUT2D eigenvalue weighted by atomic mass is 9.94. The molecule has 4 aromatic rings. The van der Waals surface area contributed by atoms with Crippen LogP contribution in [0.3, 0.4) is 0 Å². The monoisotopic (exact) mass is 583 g/mol.